The minimum Gasteiger partial charge on any atom is -0.381 e. The van der Waals surface area contributed by atoms with Gasteiger partial charge in [0, 0.05) is 38.7 Å². The van der Waals surface area contributed by atoms with E-state index in [-0.39, 0.29) is 0 Å². The first-order chi connectivity index (χ1) is 12.3. The second-order valence-electron chi connectivity index (χ2n) is 7.34. The molecule has 1 atom stereocenters. The number of nitrogens with zero attached hydrogens (tertiary/aromatic N) is 2. The summed E-state index contributed by atoms with van der Waals surface area (Å²) in [6, 6.07) is 15.2. The van der Waals surface area contributed by atoms with E-state index in [9.17, 15) is 0 Å². The van der Waals surface area contributed by atoms with Gasteiger partial charge < -0.3 is 15.0 Å². The van der Waals surface area contributed by atoms with Crippen molar-refractivity contribution in [2.75, 3.05) is 39.9 Å². The highest BCUT2D eigenvalue weighted by molar-refractivity contribution is 5.85. The lowest BCUT2D eigenvalue weighted by Crippen LogP contribution is -2.42. The highest BCUT2D eigenvalue weighted by atomic mass is 16.5. The highest BCUT2D eigenvalue weighted by Gasteiger charge is 2.42. The minimum absolute atomic E-state index is 0.368. The van der Waals surface area contributed by atoms with Crippen LogP contribution in [0.1, 0.15) is 18.4 Å². The quantitative estimate of drug-likeness (QED) is 0.691. The van der Waals surface area contributed by atoms with Gasteiger partial charge in [0.2, 0.25) is 0 Å². The third kappa shape index (κ3) is 3.36. The number of fused-ring (bicyclic) bond motifs is 1. The van der Waals surface area contributed by atoms with E-state index in [0.29, 0.717) is 5.41 Å². The molecule has 2 aromatic rings. The van der Waals surface area contributed by atoms with Gasteiger partial charge >= 0.3 is 0 Å². The van der Waals surface area contributed by atoms with Crippen molar-refractivity contribution in [3.8, 4) is 0 Å². The zero-order valence-electron chi connectivity index (χ0n) is 15.0. The first-order valence-electron chi connectivity index (χ1n) is 9.30. The molecule has 0 amide bonds. The van der Waals surface area contributed by atoms with Crippen molar-refractivity contribution in [3.63, 3.8) is 0 Å². The Balaban J connectivity index is 1.37. The van der Waals surface area contributed by atoms with Crippen molar-refractivity contribution >= 4 is 16.7 Å². The lowest BCUT2D eigenvalue weighted by Gasteiger charge is -2.25. The summed E-state index contributed by atoms with van der Waals surface area (Å²) in [6.45, 7) is 4.89. The molecule has 4 heteroatoms. The second-order valence-corrected chi connectivity index (χ2v) is 7.34. The molecule has 1 N–H and O–H groups in total. The summed E-state index contributed by atoms with van der Waals surface area (Å²) in [7, 11) is 1.89. The second kappa shape index (κ2) is 7.04. The zero-order valence-corrected chi connectivity index (χ0v) is 15.0. The number of guanidine groups is 1. The molecule has 1 unspecified atom stereocenters. The predicted octanol–water partition coefficient (Wildman–Crippen LogP) is 3.07. The van der Waals surface area contributed by atoms with Crippen LogP contribution in [-0.4, -0.2) is 50.8 Å². The smallest absolute Gasteiger partial charge is 0.193 e. The summed E-state index contributed by atoms with van der Waals surface area (Å²) in [6.07, 6.45) is 3.41. The van der Waals surface area contributed by atoms with Crippen LogP contribution < -0.4 is 5.32 Å². The maximum atomic E-state index is 5.64. The van der Waals surface area contributed by atoms with E-state index in [1.807, 2.05) is 7.05 Å². The van der Waals surface area contributed by atoms with Crippen molar-refractivity contribution in [2.24, 2.45) is 10.4 Å². The first-order valence-corrected chi connectivity index (χ1v) is 9.30. The van der Waals surface area contributed by atoms with Crippen LogP contribution in [0.15, 0.2) is 47.5 Å². The topological polar surface area (TPSA) is 36.9 Å². The van der Waals surface area contributed by atoms with Crippen LogP contribution in [0.25, 0.3) is 10.8 Å². The van der Waals surface area contributed by atoms with Crippen molar-refractivity contribution < 1.29 is 4.74 Å². The molecule has 0 saturated carbocycles. The monoisotopic (exact) mass is 337 g/mol. The molecular formula is C21H27N3O. The minimum atomic E-state index is 0.368. The van der Waals surface area contributed by atoms with Crippen LogP contribution in [-0.2, 0) is 11.2 Å². The van der Waals surface area contributed by atoms with Crippen molar-refractivity contribution in [1.82, 2.24) is 10.2 Å². The Labute approximate surface area is 149 Å². The predicted molar refractivity (Wildman–Crippen MR) is 103 cm³/mol. The summed E-state index contributed by atoms with van der Waals surface area (Å²) < 4.78 is 5.64. The Morgan fingerprint density at radius 3 is 2.92 bits per heavy atom. The summed E-state index contributed by atoms with van der Waals surface area (Å²) in [5, 5.41) is 6.23. The number of aliphatic imine (C=N–C) groups is 1. The average Bonchev–Trinajstić information content (AvgIpc) is 3.29. The third-order valence-corrected chi connectivity index (χ3v) is 5.69. The normalized spacial score (nSPS) is 23.7. The van der Waals surface area contributed by atoms with Gasteiger partial charge in [-0.1, -0.05) is 42.5 Å². The number of rotatable bonds is 3. The van der Waals surface area contributed by atoms with Crippen LogP contribution in [0, 0.1) is 5.41 Å². The molecule has 0 bridgehead atoms. The lowest BCUT2D eigenvalue weighted by molar-refractivity contribution is 0.156. The molecule has 2 heterocycles. The van der Waals surface area contributed by atoms with Crippen LogP contribution >= 0.6 is 0 Å². The maximum absolute atomic E-state index is 5.64. The Morgan fingerprint density at radius 1 is 1.20 bits per heavy atom. The number of likely N-dealkylation sites (tertiary alicyclic amines) is 1. The fourth-order valence-corrected chi connectivity index (χ4v) is 4.24. The van der Waals surface area contributed by atoms with Gasteiger partial charge in [-0.15, -0.1) is 0 Å². The fourth-order valence-electron chi connectivity index (χ4n) is 4.24. The van der Waals surface area contributed by atoms with E-state index < -0.39 is 0 Å². The van der Waals surface area contributed by atoms with Gasteiger partial charge in [0.25, 0.3) is 0 Å². The Kier molecular flexibility index (Phi) is 4.62. The molecule has 25 heavy (non-hydrogen) atoms. The molecule has 2 saturated heterocycles. The van der Waals surface area contributed by atoms with E-state index >= 15 is 0 Å². The molecule has 4 nitrogen and oxygen atoms in total. The van der Waals surface area contributed by atoms with Crippen LogP contribution in [0.3, 0.4) is 0 Å². The van der Waals surface area contributed by atoms with E-state index in [1.165, 1.54) is 29.2 Å². The summed E-state index contributed by atoms with van der Waals surface area (Å²) in [5.41, 5.74) is 1.76. The van der Waals surface area contributed by atoms with Crippen LogP contribution in [0.4, 0.5) is 0 Å². The van der Waals surface area contributed by atoms with Crippen LogP contribution in [0.2, 0.25) is 0 Å². The van der Waals surface area contributed by atoms with Gasteiger partial charge in [-0.05, 0) is 35.6 Å². The van der Waals surface area contributed by atoms with E-state index in [1.54, 1.807) is 0 Å². The Bertz CT molecular complexity index is 759. The molecular weight excluding hydrogens is 310 g/mol. The third-order valence-electron chi connectivity index (χ3n) is 5.69. The highest BCUT2D eigenvalue weighted by Crippen LogP contribution is 2.38. The van der Waals surface area contributed by atoms with Gasteiger partial charge in [0.15, 0.2) is 5.96 Å². The molecule has 0 aliphatic carbocycles. The number of nitrogens with one attached hydrogen (secondary N) is 1. The molecule has 132 valence electrons. The van der Waals surface area contributed by atoms with Crippen molar-refractivity contribution in [2.45, 2.75) is 19.3 Å². The number of hydrogen-bond donors (Lipinski definition) is 1. The Hall–Kier alpha value is -2.07. The standard InChI is InChI=1S/C21H27N3O/c1-22-20(24-13-10-21(15-24)11-14-25-16-21)23-12-9-18-7-4-6-17-5-2-3-8-19(17)18/h2-8H,9-16H2,1H3,(H,22,23). The molecule has 2 aliphatic heterocycles. The van der Waals surface area contributed by atoms with Crippen molar-refractivity contribution in [1.29, 1.82) is 0 Å². The molecule has 0 aromatic heterocycles. The van der Waals surface area contributed by atoms with Crippen LogP contribution in [0.5, 0.6) is 0 Å². The van der Waals surface area contributed by atoms with Crippen molar-refractivity contribution in [3.05, 3.63) is 48.0 Å². The average molecular weight is 337 g/mol. The summed E-state index contributed by atoms with van der Waals surface area (Å²) in [4.78, 5) is 6.91. The molecule has 0 radical (unpaired) electrons. The fraction of sp³-hybridized carbons (Fsp3) is 0.476. The van der Waals surface area contributed by atoms with Gasteiger partial charge in [0.05, 0.1) is 6.61 Å². The van der Waals surface area contributed by atoms with Gasteiger partial charge in [-0.3, -0.25) is 4.99 Å². The number of hydrogen-bond acceptors (Lipinski definition) is 2. The van der Waals surface area contributed by atoms with Gasteiger partial charge in [-0.2, -0.15) is 0 Å². The van der Waals surface area contributed by atoms with E-state index in [2.05, 4.69) is 57.7 Å². The number of ether oxygens (including phenoxy) is 1. The van der Waals surface area contributed by atoms with E-state index in [4.69, 9.17) is 4.74 Å². The maximum Gasteiger partial charge on any atom is 0.193 e. The molecule has 2 aromatic carbocycles. The first kappa shape index (κ1) is 16.4. The Morgan fingerprint density at radius 2 is 2.08 bits per heavy atom. The molecule has 1 spiro atoms. The van der Waals surface area contributed by atoms with Gasteiger partial charge in [0.1, 0.15) is 0 Å². The van der Waals surface area contributed by atoms with Gasteiger partial charge in [-0.25, -0.2) is 0 Å². The SMILES string of the molecule is CN=C(NCCc1cccc2ccccc12)N1CCC2(CCOC2)C1. The zero-order chi connectivity index (χ0) is 17.1. The van der Waals surface area contributed by atoms with E-state index in [0.717, 1.165) is 45.2 Å². The number of benzene rings is 2. The largest absolute Gasteiger partial charge is 0.381 e. The summed E-state index contributed by atoms with van der Waals surface area (Å²) >= 11 is 0. The lowest BCUT2D eigenvalue weighted by atomic mass is 9.87. The molecule has 2 fully saturated rings. The molecule has 4 rings (SSSR count). The summed E-state index contributed by atoms with van der Waals surface area (Å²) in [5.74, 6) is 1.03. The molecule has 2 aliphatic rings.